The van der Waals surface area contributed by atoms with Crippen LogP contribution in [0.25, 0.3) is 0 Å². The molecule has 130 valence electrons. The lowest BCUT2D eigenvalue weighted by Crippen LogP contribution is -2.41. The molecular formula is C18H19FN4O2. The van der Waals surface area contributed by atoms with Crippen LogP contribution in [-0.4, -0.2) is 36.6 Å². The third-order valence-corrected chi connectivity index (χ3v) is 3.97. The van der Waals surface area contributed by atoms with Crippen LogP contribution in [0.2, 0.25) is 0 Å². The summed E-state index contributed by atoms with van der Waals surface area (Å²) >= 11 is 0. The molecular weight excluding hydrogens is 323 g/mol. The van der Waals surface area contributed by atoms with E-state index in [1.54, 1.807) is 36.5 Å². The van der Waals surface area contributed by atoms with E-state index < -0.39 is 12.2 Å². The van der Waals surface area contributed by atoms with Crippen LogP contribution in [0.5, 0.6) is 0 Å². The first kappa shape index (κ1) is 17.0. The number of carbonyl (C=O) groups is 1. The smallest absolute Gasteiger partial charge is 0.274 e. The number of rotatable bonds is 4. The minimum atomic E-state index is -1.18. The average molecular weight is 342 g/mol. The quantitative estimate of drug-likeness (QED) is 0.891. The number of nitrogens with two attached hydrogens (primary N) is 1. The number of benzene rings is 1. The molecule has 7 heteroatoms. The van der Waals surface area contributed by atoms with Crippen LogP contribution in [0.1, 0.15) is 21.6 Å². The van der Waals surface area contributed by atoms with Crippen molar-refractivity contribution in [2.24, 2.45) is 10.7 Å². The maximum Gasteiger partial charge on any atom is 0.274 e. The molecule has 0 saturated heterocycles. The van der Waals surface area contributed by atoms with Gasteiger partial charge in [0.1, 0.15) is 30.3 Å². The molecule has 0 fully saturated rings. The minimum absolute atomic E-state index is 0.0983. The summed E-state index contributed by atoms with van der Waals surface area (Å²) in [6, 6.07) is 10.3. The Balaban J connectivity index is 1.85. The lowest BCUT2D eigenvalue weighted by molar-refractivity contribution is 0.0828. The van der Waals surface area contributed by atoms with Gasteiger partial charge in [0.2, 0.25) is 0 Å². The van der Waals surface area contributed by atoms with Crippen LogP contribution >= 0.6 is 0 Å². The molecule has 25 heavy (non-hydrogen) atoms. The second-order valence-corrected chi connectivity index (χ2v) is 6.02. The number of hydrogen-bond acceptors (Lipinski definition) is 5. The van der Waals surface area contributed by atoms with E-state index in [0.29, 0.717) is 16.9 Å². The third kappa shape index (κ3) is 3.66. The van der Waals surface area contributed by atoms with E-state index in [-0.39, 0.29) is 25.0 Å². The zero-order valence-corrected chi connectivity index (χ0v) is 13.8. The molecule has 1 aromatic carbocycles. The summed E-state index contributed by atoms with van der Waals surface area (Å²) in [6.45, 7) is 1.44. The van der Waals surface area contributed by atoms with Gasteiger partial charge in [-0.3, -0.25) is 14.8 Å². The number of carbonyl (C=O) groups excluding carboxylic acids is 1. The number of aliphatic imine (C=N–C) groups is 1. The van der Waals surface area contributed by atoms with Crippen molar-refractivity contribution in [2.45, 2.75) is 12.5 Å². The predicted molar refractivity (Wildman–Crippen MR) is 93.5 cm³/mol. The number of halogens is 1. The highest BCUT2D eigenvalue weighted by Gasteiger charge is 2.35. The maximum atomic E-state index is 13.8. The van der Waals surface area contributed by atoms with Gasteiger partial charge in [-0.1, -0.05) is 18.2 Å². The van der Waals surface area contributed by atoms with Crippen molar-refractivity contribution in [1.82, 2.24) is 4.98 Å². The Hall–Kier alpha value is -2.80. The monoisotopic (exact) mass is 342 g/mol. The molecule has 1 aliphatic heterocycles. The lowest BCUT2D eigenvalue weighted by atomic mass is 9.91. The van der Waals surface area contributed by atoms with Gasteiger partial charge in [-0.2, -0.15) is 0 Å². The number of ether oxygens (including phenoxy) is 1. The molecule has 0 spiro atoms. The summed E-state index contributed by atoms with van der Waals surface area (Å²) in [5.41, 5.74) is 6.92. The molecule has 1 amide bonds. The van der Waals surface area contributed by atoms with Gasteiger partial charge in [-0.05, 0) is 36.2 Å². The van der Waals surface area contributed by atoms with Crippen LogP contribution < -0.4 is 11.1 Å². The summed E-state index contributed by atoms with van der Waals surface area (Å²) < 4.78 is 19.1. The van der Waals surface area contributed by atoms with Gasteiger partial charge in [0, 0.05) is 11.9 Å². The van der Waals surface area contributed by atoms with E-state index in [2.05, 4.69) is 15.3 Å². The summed E-state index contributed by atoms with van der Waals surface area (Å²) in [4.78, 5) is 20.7. The fourth-order valence-corrected chi connectivity index (χ4v) is 2.64. The summed E-state index contributed by atoms with van der Waals surface area (Å²) in [6.07, 6.45) is 1.63. The van der Waals surface area contributed by atoms with E-state index >= 15 is 0 Å². The lowest BCUT2D eigenvalue weighted by Gasteiger charge is -2.31. The third-order valence-electron chi connectivity index (χ3n) is 3.97. The van der Waals surface area contributed by atoms with Crippen LogP contribution in [0.4, 0.5) is 10.1 Å². The fraction of sp³-hybridized carbons (Fsp3) is 0.278. The van der Waals surface area contributed by atoms with E-state index in [0.717, 1.165) is 5.56 Å². The Morgan fingerprint density at radius 2 is 2.24 bits per heavy atom. The van der Waals surface area contributed by atoms with E-state index in [1.165, 1.54) is 0 Å². The number of amides is 1. The molecule has 0 aliphatic carbocycles. The molecule has 3 N–H and O–H groups in total. The largest absolute Gasteiger partial charge is 0.385 e. The van der Waals surface area contributed by atoms with Gasteiger partial charge in [0.05, 0.1) is 6.61 Å². The van der Waals surface area contributed by atoms with Gasteiger partial charge in [-0.15, -0.1) is 0 Å². The second kappa shape index (κ2) is 6.98. The topological polar surface area (TPSA) is 89.6 Å². The molecule has 3 rings (SSSR count). The molecule has 2 aromatic rings. The molecule has 1 unspecified atom stereocenters. The maximum absolute atomic E-state index is 13.8. The molecule has 2 heterocycles. The normalized spacial score (nSPS) is 20.0. The Kier molecular flexibility index (Phi) is 4.76. The number of nitrogens with one attached hydrogen (secondary N) is 1. The standard InChI is InChI=1S/C18H19FN4O2/c1-12-5-6-15(21-8-12)17(24)22-14-4-2-3-13(7-14)18(10-19)11-25-9-16(20)23-18/h2-8H,9-11H2,1H3,(H2,20,23)(H,22,24). The number of anilines is 1. The van der Waals surface area contributed by atoms with Crippen molar-refractivity contribution in [1.29, 1.82) is 0 Å². The van der Waals surface area contributed by atoms with Crippen LogP contribution in [0.3, 0.4) is 0 Å². The molecule has 1 atom stereocenters. The first-order valence-corrected chi connectivity index (χ1v) is 7.85. The predicted octanol–water partition coefficient (Wildman–Crippen LogP) is 2.19. The van der Waals surface area contributed by atoms with E-state index in [1.807, 2.05) is 13.0 Å². The van der Waals surface area contributed by atoms with Crippen molar-refractivity contribution in [2.75, 3.05) is 25.2 Å². The zero-order chi connectivity index (χ0) is 17.9. The number of alkyl halides is 1. The van der Waals surface area contributed by atoms with Crippen molar-refractivity contribution in [3.8, 4) is 0 Å². The zero-order valence-electron chi connectivity index (χ0n) is 13.8. The van der Waals surface area contributed by atoms with E-state index in [4.69, 9.17) is 10.5 Å². The van der Waals surface area contributed by atoms with Crippen molar-refractivity contribution >= 4 is 17.4 Å². The summed E-state index contributed by atoms with van der Waals surface area (Å²) in [7, 11) is 0. The number of pyridine rings is 1. The van der Waals surface area contributed by atoms with Crippen LogP contribution in [0, 0.1) is 6.92 Å². The van der Waals surface area contributed by atoms with Crippen LogP contribution in [0.15, 0.2) is 47.6 Å². The number of aromatic nitrogens is 1. The fourth-order valence-electron chi connectivity index (χ4n) is 2.64. The summed E-state index contributed by atoms with van der Waals surface area (Å²) in [5.74, 6) is -0.0865. The summed E-state index contributed by atoms with van der Waals surface area (Å²) in [5, 5.41) is 2.77. The van der Waals surface area contributed by atoms with Crippen molar-refractivity contribution < 1.29 is 13.9 Å². The highest BCUT2D eigenvalue weighted by atomic mass is 19.1. The van der Waals surface area contributed by atoms with Gasteiger partial charge >= 0.3 is 0 Å². The number of amidine groups is 1. The first-order valence-electron chi connectivity index (χ1n) is 7.85. The van der Waals surface area contributed by atoms with Crippen LogP contribution in [-0.2, 0) is 10.3 Å². The molecule has 0 radical (unpaired) electrons. The molecule has 0 saturated carbocycles. The Morgan fingerprint density at radius 1 is 1.40 bits per heavy atom. The minimum Gasteiger partial charge on any atom is -0.385 e. The Bertz CT molecular complexity index is 807. The van der Waals surface area contributed by atoms with Gasteiger partial charge < -0.3 is 15.8 Å². The molecule has 1 aliphatic rings. The van der Waals surface area contributed by atoms with Gasteiger partial charge in [-0.25, -0.2) is 4.39 Å². The number of aryl methyl sites for hydroxylation is 1. The first-order chi connectivity index (χ1) is 12.0. The highest BCUT2D eigenvalue weighted by Crippen LogP contribution is 2.31. The molecule has 1 aromatic heterocycles. The van der Waals surface area contributed by atoms with Crippen molar-refractivity contribution in [3.05, 3.63) is 59.4 Å². The Labute approximate surface area is 144 Å². The molecule has 6 nitrogen and oxygen atoms in total. The second-order valence-electron chi connectivity index (χ2n) is 6.02. The SMILES string of the molecule is Cc1ccc(C(=O)Nc2cccc(C3(CF)COCC(N)=N3)c2)nc1. The van der Waals surface area contributed by atoms with E-state index in [9.17, 15) is 9.18 Å². The number of nitrogens with zero attached hydrogens (tertiary/aromatic N) is 2. The van der Waals surface area contributed by atoms with Crippen molar-refractivity contribution in [3.63, 3.8) is 0 Å². The average Bonchev–Trinajstić information content (AvgIpc) is 2.62. The number of hydrogen-bond donors (Lipinski definition) is 2. The highest BCUT2D eigenvalue weighted by molar-refractivity contribution is 6.02. The van der Waals surface area contributed by atoms with Gasteiger partial charge in [0.15, 0.2) is 0 Å². The Morgan fingerprint density at radius 3 is 2.92 bits per heavy atom. The van der Waals surface area contributed by atoms with Gasteiger partial charge in [0.25, 0.3) is 5.91 Å². The molecule has 0 bridgehead atoms.